The molecule has 0 radical (unpaired) electrons. The predicted molar refractivity (Wildman–Crippen MR) is 97.7 cm³/mol. The van der Waals surface area contributed by atoms with E-state index in [1.165, 1.54) is 6.07 Å². The topological polar surface area (TPSA) is 167 Å². The van der Waals surface area contributed by atoms with Gasteiger partial charge in [-0.3, -0.25) is 0 Å². The molecule has 2 aromatic rings. The first-order valence-electron chi connectivity index (χ1n) is 8.08. The maximum atomic E-state index is 9.37. The van der Waals surface area contributed by atoms with E-state index in [-0.39, 0.29) is 51.4 Å². The minimum absolute atomic E-state index is 0.0000728. The molecule has 3 heterocycles. The molecule has 0 fully saturated rings. The number of rotatable bonds is 0. The molecule has 2 aromatic heterocycles. The smallest absolute Gasteiger partial charge is 0.288 e. The molecule has 11 nitrogen and oxygen atoms in total. The minimum Gasteiger partial charge on any atom is -0.370 e. The van der Waals surface area contributed by atoms with Crippen molar-refractivity contribution in [2.75, 3.05) is 0 Å². The average Bonchev–Trinajstić information content (AvgIpc) is 2.81. The Morgan fingerprint density at radius 2 is 1.30 bits per heavy atom. The molecule has 0 bridgehead atoms. The summed E-state index contributed by atoms with van der Waals surface area (Å²) in [6.07, 6.45) is 0. The number of hydrogen-bond acceptors (Lipinski definition) is 9. The van der Waals surface area contributed by atoms with Gasteiger partial charge in [0.2, 0.25) is 6.04 Å². The van der Waals surface area contributed by atoms with Crippen molar-refractivity contribution >= 4 is 11.7 Å². The molecule has 1 aliphatic heterocycles. The molecule has 0 saturated carbocycles. The Balaban J connectivity index is 2.14. The number of nitriles is 4. The zero-order chi connectivity index (χ0) is 21.4. The molecule has 2 atom stereocenters. The zero-order valence-corrected chi connectivity index (χ0v) is 14.7. The van der Waals surface area contributed by atoms with E-state index in [1.54, 1.807) is 12.1 Å². The molecular formula is C19H3N11. The number of hydrogen-bond donors (Lipinski definition) is 0. The summed E-state index contributed by atoms with van der Waals surface area (Å²) in [5, 5.41) is 37.4. The summed E-state index contributed by atoms with van der Waals surface area (Å²) in [5.41, 5.74) is 0.161. The lowest BCUT2D eigenvalue weighted by Gasteiger charge is -2.26. The van der Waals surface area contributed by atoms with E-state index in [0.29, 0.717) is 5.56 Å². The fourth-order valence-corrected chi connectivity index (χ4v) is 3.23. The first-order chi connectivity index (χ1) is 14.6. The molecular weight excluding hydrogens is 382 g/mol. The van der Waals surface area contributed by atoms with Gasteiger partial charge >= 0.3 is 0 Å². The summed E-state index contributed by atoms with van der Waals surface area (Å²) in [4.78, 5) is 27.7. The SMILES string of the molecule is [C-]#[N+]C1=NC2c3cc(C#N)c(C#N)nc3-c3nc(C#N)c(C#N)nc3C2N=C1[N+]#[C-]. The van der Waals surface area contributed by atoms with Gasteiger partial charge in [-0.1, -0.05) is 13.1 Å². The number of amidine groups is 2. The van der Waals surface area contributed by atoms with E-state index in [1.807, 2.05) is 12.1 Å². The number of pyridine rings is 1. The van der Waals surface area contributed by atoms with Crippen LogP contribution in [0, 0.1) is 58.5 Å². The van der Waals surface area contributed by atoms with Crippen LogP contribution >= 0.6 is 0 Å². The summed E-state index contributed by atoms with van der Waals surface area (Å²) in [5.74, 6) is -0.418. The average molecular weight is 385 g/mol. The van der Waals surface area contributed by atoms with Crippen molar-refractivity contribution in [1.82, 2.24) is 15.0 Å². The normalized spacial score (nSPS) is 17.5. The van der Waals surface area contributed by atoms with Crippen molar-refractivity contribution in [3.63, 3.8) is 0 Å². The van der Waals surface area contributed by atoms with Gasteiger partial charge in [0.1, 0.15) is 41.4 Å². The molecule has 0 aromatic carbocycles. The van der Waals surface area contributed by atoms with Crippen LogP contribution in [0.4, 0.5) is 0 Å². The number of aromatic nitrogens is 3. The minimum atomic E-state index is -0.907. The largest absolute Gasteiger partial charge is 0.370 e. The summed E-state index contributed by atoms with van der Waals surface area (Å²) < 4.78 is 0. The van der Waals surface area contributed by atoms with Gasteiger partial charge in [0, 0.05) is 5.56 Å². The molecule has 134 valence electrons. The van der Waals surface area contributed by atoms with Crippen LogP contribution in [0.5, 0.6) is 0 Å². The van der Waals surface area contributed by atoms with Crippen LogP contribution in [0.1, 0.15) is 46.0 Å². The lowest BCUT2D eigenvalue weighted by molar-refractivity contribution is 0.548. The summed E-state index contributed by atoms with van der Waals surface area (Å²) in [7, 11) is 0. The Labute approximate surface area is 168 Å². The maximum Gasteiger partial charge on any atom is 0.288 e. The van der Waals surface area contributed by atoms with Gasteiger partial charge in [-0.25, -0.2) is 15.0 Å². The van der Waals surface area contributed by atoms with Gasteiger partial charge in [0.15, 0.2) is 23.1 Å². The van der Waals surface area contributed by atoms with Crippen molar-refractivity contribution in [2.24, 2.45) is 9.98 Å². The van der Waals surface area contributed by atoms with Crippen LogP contribution in [0.15, 0.2) is 16.1 Å². The standard InChI is InChI=1S/C19H3N11/c1-24-18-19(25-2)30-16-14(29-18)9-3-8(4-20)10(5-21)26-13(9)15-17(16)28-12(7-23)11(6-22)27-15/h3,14,16H. The number of nitrogens with zero attached hydrogens (tertiary/aromatic N) is 11. The third-order valence-electron chi connectivity index (χ3n) is 4.47. The molecule has 11 heteroatoms. The first kappa shape index (κ1) is 17.9. The zero-order valence-electron chi connectivity index (χ0n) is 14.7. The highest BCUT2D eigenvalue weighted by molar-refractivity contribution is 6.48. The summed E-state index contributed by atoms with van der Waals surface area (Å²) in [6.45, 7) is 14.5. The molecule has 0 spiro atoms. The van der Waals surface area contributed by atoms with Gasteiger partial charge < -0.3 is 9.69 Å². The first-order valence-corrected chi connectivity index (χ1v) is 8.08. The van der Waals surface area contributed by atoms with Gasteiger partial charge in [-0.05, 0) is 6.07 Å². The molecule has 1 aliphatic carbocycles. The van der Waals surface area contributed by atoms with Crippen molar-refractivity contribution in [1.29, 1.82) is 21.0 Å². The molecule has 0 N–H and O–H groups in total. The van der Waals surface area contributed by atoms with E-state index in [4.69, 9.17) is 13.1 Å². The Bertz CT molecular complexity index is 1360. The fourth-order valence-electron chi connectivity index (χ4n) is 3.23. The summed E-state index contributed by atoms with van der Waals surface area (Å²) >= 11 is 0. The third-order valence-corrected chi connectivity index (χ3v) is 4.47. The highest BCUT2D eigenvalue weighted by Gasteiger charge is 2.46. The Hall–Kier alpha value is -5.49. The van der Waals surface area contributed by atoms with Crippen molar-refractivity contribution in [2.45, 2.75) is 12.1 Å². The van der Waals surface area contributed by atoms with E-state index >= 15 is 0 Å². The molecule has 4 rings (SSSR count). The van der Waals surface area contributed by atoms with E-state index < -0.39 is 12.1 Å². The lowest BCUT2D eigenvalue weighted by Crippen LogP contribution is -2.26. The van der Waals surface area contributed by atoms with Crippen LogP contribution in [-0.4, -0.2) is 26.6 Å². The molecule has 2 unspecified atom stereocenters. The van der Waals surface area contributed by atoms with Crippen LogP contribution in [-0.2, 0) is 0 Å². The van der Waals surface area contributed by atoms with Gasteiger partial charge in [0.25, 0.3) is 11.7 Å². The van der Waals surface area contributed by atoms with E-state index in [0.717, 1.165) is 0 Å². The van der Waals surface area contributed by atoms with Gasteiger partial charge in [-0.2, -0.15) is 31.0 Å². The Morgan fingerprint density at radius 3 is 1.87 bits per heavy atom. The predicted octanol–water partition coefficient (Wildman–Crippen LogP) is 1.77. The van der Waals surface area contributed by atoms with Crippen LogP contribution < -0.4 is 0 Å². The second kappa shape index (κ2) is 6.59. The van der Waals surface area contributed by atoms with Gasteiger partial charge in [-0.15, -0.1) is 0 Å². The van der Waals surface area contributed by atoms with Crippen molar-refractivity contribution in [3.8, 4) is 35.7 Å². The maximum absolute atomic E-state index is 9.37. The van der Waals surface area contributed by atoms with Crippen LogP contribution in [0.25, 0.3) is 21.1 Å². The second-order valence-corrected chi connectivity index (χ2v) is 5.94. The third kappa shape index (κ3) is 2.35. The molecule has 30 heavy (non-hydrogen) atoms. The Morgan fingerprint density at radius 1 is 0.733 bits per heavy atom. The monoisotopic (exact) mass is 385 g/mol. The highest BCUT2D eigenvalue weighted by Crippen LogP contribution is 2.48. The van der Waals surface area contributed by atoms with Crippen molar-refractivity contribution < 1.29 is 0 Å². The van der Waals surface area contributed by atoms with E-state index in [2.05, 4.69) is 34.6 Å². The van der Waals surface area contributed by atoms with Crippen molar-refractivity contribution in [3.05, 3.63) is 62.8 Å². The van der Waals surface area contributed by atoms with Crippen LogP contribution in [0.3, 0.4) is 0 Å². The molecule has 0 amide bonds. The highest BCUT2D eigenvalue weighted by atomic mass is 15.1. The number of aliphatic imine (C=N–C) groups is 2. The summed E-state index contributed by atoms with van der Waals surface area (Å²) in [6, 6.07) is 6.97. The molecule has 2 aliphatic rings. The lowest BCUT2D eigenvalue weighted by atomic mass is 9.85. The fraction of sp³-hybridized carbons (Fsp3) is 0.105. The molecule has 0 saturated heterocycles. The Kier molecular flexibility index (Phi) is 3.93. The quantitative estimate of drug-likeness (QED) is 0.622. The second-order valence-electron chi connectivity index (χ2n) is 5.94. The van der Waals surface area contributed by atoms with E-state index in [9.17, 15) is 21.0 Å². The van der Waals surface area contributed by atoms with Crippen LogP contribution in [0.2, 0.25) is 0 Å². The number of fused-ring (bicyclic) bond motifs is 6. The van der Waals surface area contributed by atoms with Gasteiger partial charge in [0.05, 0.1) is 5.56 Å².